The second kappa shape index (κ2) is 9.61. The number of nitrogens with one attached hydrogen (secondary N) is 1. The highest BCUT2D eigenvalue weighted by molar-refractivity contribution is 5.89. The van der Waals surface area contributed by atoms with Crippen molar-refractivity contribution in [2.45, 2.75) is 26.3 Å². The van der Waals surface area contributed by atoms with Crippen molar-refractivity contribution in [2.75, 3.05) is 26.2 Å². The van der Waals surface area contributed by atoms with E-state index in [1.807, 2.05) is 0 Å². The van der Waals surface area contributed by atoms with E-state index in [1.165, 1.54) is 32.6 Å². The zero-order chi connectivity index (χ0) is 14.0. The van der Waals surface area contributed by atoms with E-state index in [0.717, 1.165) is 6.04 Å². The third-order valence-corrected chi connectivity index (χ3v) is 2.73. The number of carboxylic acids is 2. The molecular weight excluding hydrogens is 236 g/mol. The highest BCUT2D eigenvalue weighted by Crippen LogP contribution is 2.03. The molecule has 0 amide bonds. The lowest BCUT2D eigenvalue weighted by Gasteiger charge is -2.32. The first-order chi connectivity index (χ1) is 8.47. The van der Waals surface area contributed by atoms with Crippen LogP contribution >= 0.6 is 0 Å². The van der Waals surface area contributed by atoms with Gasteiger partial charge in [0.05, 0.1) is 0 Å². The van der Waals surface area contributed by atoms with Crippen molar-refractivity contribution in [3.63, 3.8) is 0 Å². The molecule has 0 aromatic carbocycles. The van der Waals surface area contributed by atoms with Crippen LogP contribution in [0.5, 0.6) is 0 Å². The molecule has 1 aliphatic heterocycles. The lowest BCUT2D eigenvalue weighted by Crippen LogP contribution is -2.47. The van der Waals surface area contributed by atoms with Crippen molar-refractivity contribution in [1.82, 2.24) is 10.2 Å². The van der Waals surface area contributed by atoms with Crippen LogP contribution in [0.4, 0.5) is 0 Å². The minimum absolute atomic E-state index is 0.558. The van der Waals surface area contributed by atoms with Crippen LogP contribution in [0.3, 0.4) is 0 Å². The Morgan fingerprint density at radius 2 is 1.67 bits per heavy atom. The van der Waals surface area contributed by atoms with Gasteiger partial charge in [-0.1, -0.05) is 6.92 Å². The van der Waals surface area contributed by atoms with Gasteiger partial charge in [0.15, 0.2) is 0 Å². The smallest absolute Gasteiger partial charge is 0.328 e. The number of rotatable bonds is 4. The molecule has 1 aliphatic rings. The van der Waals surface area contributed by atoms with Gasteiger partial charge in [-0.2, -0.15) is 0 Å². The van der Waals surface area contributed by atoms with Crippen LogP contribution in [-0.4, -0.2) is 59.3 Å². The van der Waals surface area contributed by atoms with Crippen molar-refractivity contribution in [1.29, 1.82) is 0 Å². The SMILES string of the molecule is CC[C@H](C)N1CCNCC1.O=C(O)/C=C/C(=O)O. The van der Waals surface area contributed by atoms with Crippen molar-refractivity contribution < 1.29 is 19.8 Å². The molecule has 1 atom stereocenters. The minimum Gasteiger partial charge on any atom is -0.478 e. The molecule has 104 valence electrons. The molecule has 0 aliphatic carbocycles. The Kier molecular flexibility index (Phi) is 8.86. The molecule has 0 aromatic heterocycles. The van der Waals surface area contributed by atoms with E-state index in [9.17, 15) is 9.59 Å². The first-order valence-corrected chi connectivity index (χ1v) is 6.06. The fraction of sp³-hybridized carbons (Fsp3) is 0.667. The number of nitrogens with zero attached hydrogens (tertiary/aromatic N) is 1. The Bertz CT molecular complexity index is 270. The van der Waals surface area contributed by atoms with Gasteiger partial charge in [0, 0.05) is 44.4 Å². The fourth-order valence-corrected chi connectivity index (χ4v) is 1.52. The van der Waals surface area contributed by atoms with Gasteiger partial charge in [-0.3, -0.25) is 4.90 Å². The second-order valence-electron chi connectivity index (χ2n) is 4.05. The summed E-state index contributed by atoms with van der Waals surface area (Å²) in [6.07, 6.45) is 2.39. The molecular formula is C12H22N2O4. The zero-order valence-corrected chi connectivity index (χ0v) is 10.9. The Balaban J connectivity index is 0.000000331. The summed E-state index contributed by atoms with van der Waals surface area (Å²) in [5.41, 5.74) is 0. The van der Waals surface area contributed by atoms with Crippen LogP contribution in [0, 0.1) is 0 Å². The van der Waals surface area contributed by atoms with E-state index in [1.54, 1.807) is 0 Å². The van der Waals surface area contributed by atoms with Crippen molar-refractivity contribution in [2.24, 2.45) is 0 Å². The number of carboxylic acid groups (broad SMARTS) is 2. The van der Waals surface area contributed by atoms with Gasteiger partial charge in [0.25, 0.3) is 0 Å². The average molecular weight is 258 g/mol. The molecule has 0 aromatic rings. The monoisotopic (exact) mass is 258 g/mol. The van der Waals surface area contributed by atoms with E-state index in [4.69, 9.17) is 10.2 Å². The molecule has 0 spiro atoms. The van der Waals surface area contributed by atoms with Gasteiger partial charge >= 0.3 is 11.9 Å². The quantitative estimate of drug-likeness (QED) is 0.632. The molecule has 6 nitrogen and oxygen atoms in total. The Morgan fingerprint density at radius 3 is 2.00 bits per heavy atom. The largest absolute Gasteiger partial charge is 0.478 e. The lowest BCUT2D eigenvalue weighted by atomic mass is 10.2. The molecule has 1 rings (SSSR count). The highest BCUT2D eigenvalue weighted by Gasteiger charge is 2.13. The molecule has 18 heavy (non-hydrogen) atoms. The third-order valence-electron chi connectivity index (χ3n) is 2.73. The number of hydrogen-bond acceptors (Lipinski definition) is 4. The van der Waals surface area contributed by atoms with E-state index >= 15 is 0 Å². The van der Waals surface area contributed by atoms with E-state index in [2.05, 4.69) is 24.1 Å². The summed E-state index contributed by atoms with van der Waals surface area (Å²) in [4.78, 5) is 21.7. The lowest BCUT2D eigenvalue weighted by molar-refractivity contribution is -0.134. The molecule has 1 fully saturated rings. The van der Waals surface area contributed by atoms with E-state index in [0.29, 0.717) is 12.2 Å². The van der Waals surface area contributed by atoms with Crippen LogP contribution in [0.1, 0.15) is 20.3 Å². The molecule has 3 N–H and O–H groups in total. The first-order valence-electron chi connectivity index (χ1n) is 6.06. The maximum Gasteiger partial charge on any atom is 0.328 e. The maximum absolute atomic E-state index is 9.55. The first kappa shape index (κ1) is 16.6. The summed E-state index contributed by atoms with van der Waals surface area (Å²) < 4.78 is 0. The Morgan fingerprint density at radius 1 is 1.22 bits per heavy atom. The topological polar surface area (TPSA) is 89.9 Å². The summed E-state index contributed by atoms with van der Waals surface area (Å²) in [6, 6.07) is 0.780. The van der Waals surface area contributed by atoms with Crippen molar-refractivity contribution in [3.05, 3.63) is 12.2 Å². The summed E-state index contributed by atoms with van der Waals surface area (Å²) in [5, 5.41) is 19.0. The third kappa shape index (κ3) is 8.72. The Hall–Kier alpha value is -1.40. The van der Waals surface area contributed by atoms with E-state index < -0.39 is 11.9 Å². The van der Waals surface area contributed by atoms with Gasteiger partial charge in [-0.25, -0.2) is 9.59 Å². The van der Waals surface area contributed by atoms with Gasteiger partial charge < -0.3 is 15.5 Å². The summed E-state index contributed by atoms with van der Waals surface area (Å²) >= 11 is 0. The maximum atomic E-state index is 9.55. The summed E-state index contributed by atoms with van der Waals surface area (Å²) in [7, 11) is 0. The van der Waals surface area contributed by atoms with Gasteiger partial charge in [0.2, 0.25) is 0 Å². The van der Waals surface area contributed by atoms with Crippen LogP contribution in [-0.2, 0) is 9.59 Å². The summed E-state index contributed by atoms with van der Waals surface area (Å²) in [5.74, 6) is -2.51. The normalized spacial score (nSPS) is 17.9. The number of piperazine rings is 1. The molecule has 1 heterocycles. The zero-order valence-electron chi connectivity index (χ0n) is 10.9. The second-order valence-corrected chi connectivity index (χ2v) is 4.05. The van der Waals surface area contributed by atoms with Gasteiger partial charge in [-0.15, -0.1) is 0 Å². The van der Waals surface area contributed by atoms with Gasteiger partial charge in [0.1, 0.15) is 0 Å². The molecule has 0 unspecified atom stereocenters. The van der Waals surface area contributed by atoms with Crippen molar-refractivity contribution >= 4 is 11.9 Å². The van der Waals surface area contributed by atoms with E-state index in [-0.39, 0.29) is 0 Å². The molecule has 0 radical (unpaired) electrons. The predicted octanol–water partition coefficient (Wildman–Crippen LogP) is 0.402. The van der Waals surface area contributed by atoms with Crippen LogP contribution in [0.15, 0.2) is 12.2 Å². The molecule has 0 saturated carbocycles. The standard InChI is InChI=1S/C8H18N2.C4H4O4/c1-3-8(2)10-6-4-9-5-7-10;5-3(6)1-2-4(7)8/h8-9H,3-7H2,1-2H3;1-2H,(H,5,6)(H,7,8)/b;2-1+/t8-;/m0./s1. The number of carbonyl (C=O) groups is 2. The van der Waals surface area contributed by atoms with Crippen LogP contribution in [0.25, 0.3) is 0 Å². The predicted molar refractivity (Wildman–Crippen MR) is 68.6 cm³/mol. The van der Waals surface area contributed by atoms with Crippen molar-refractivity contribution in [3.8, 4) is 0 Å². The summed E-state index contributed by atoms with van der Waals surface area (Å²) in [6.45, 7) is 9.37. The Labute approximate surface area is 107 Å². The average Bonchev–Trinajstić information content (AvgIpc) is 2.37. The minimum atomic E-state index is -1.26. The fourth-order valence-electron chi connectivity index (χ4n) is 1.52. The molecule has 6 heteroatoms. The highest BCUT2D eigenvalue weighted by atomic mass is 16.4. The van der Waals surface area contributed by atoms with Gasteiger partial charge in [-0.05, 0) is 13.3 Å². The number of hydrogen-bond donors (Lipinski definition) is 3. The van der Waals surface area contributed by atoms with Crippen LogP contribution in [0.2, 0.25) is 0 Å². The molecule has 1 saturated heterocycles. The molecule has 0 bridgehead atoms. The number of aliphatic carboxylic acids is 2. The van der Waals surface area contributed by atoms with Crippen LogP contribution < -0.4 is 5.32 Å².